The molecule has 0 aromatic heterocycles. The smallest absolute Gasteiger partial charge is 0.243 e. The summed E-state index contributed by atoms with van der Waals surface area (Å²) in [6.45, 7) is 0.623. The van der Waals surface area contributed by atoms with E-state index in [9.17, 15) is 14.4 Å². The van der Waals surface area contributed by atoms with Crippen molar-refractivity contribution in [2.75, 3.05) is 18.8 Å². The Morgan fingerprint density at radius 2 is 1.86 bits per heavy atom. The molecule has 10 heteroatoms. The quantitative estimate of drug-likeness (QED) is 0.171. The molecule has 166 valence electrons. The fourth-order valence-corrected chi connectivity index (χ4v) is 6.84. The van der Waals surface area contributed by atoms with Gasteiger partial charge in [-0.05, 0) is 37.9 Å². The van der Waals surface area contributed by atoms with Crippen LogP contribution in [0.3, 0.4) is 0 Å². The summed E-state index contributed by atoms with van der Waals surface area (Å²) in [6, 6.07) is -0.721. The van der Waals surface area contributed by atoms with E-state index < -0.39 is 6.04 Å². The number of hydrogen-bond acceptors (Lipinski definition) is 7. The maximum Gasteiger partial charge on any atom is 0.243 e. The van der Waals surface area contributed by atoms with Crippen LogP contribution in [0.25, 0.3) is 0 Å². The number of hydrogen-bond donors (Lipinski definition) is 5. The zero-order valence-electron chi connectivity index (χ0n) is 16.9. The van der Waals surface area contributed by atoms with Crippen molar-refractivity contribution in [3.05, 3.63) is 0 Å². The second kappa shape index (κ2) is 13.7. The van der Waals surface area contributed by atoms with Gasteiger partial charge < -0.3 is 21.7 Å². The molecule has 1 saturated heterocycles. The minimum Gasteiger partial charge on any atom is -0.353 e. The van der Waals surface area contributed by atoms with Crippen LogP contribution < -0.4 is 21.7 Å². The van der Waals surface area contributed by atoms with Gasteiger partial charge in [0.2, 0.25) is 17.7 Å². The van der Waals surface area contributed by atoms with E-state index in [4.69, 9.17) is 5.73 Å². The van der Waals surface area contributed by atoms with Crippen molar-refractivity contribution < 1.29 is 14.4 Å². The Morgan fingerprint density at radius 3 is 2.55 bits per heavy atom. The van der Waals surface area contributed by atoms with Gasteiger partial charge in [-0.2, -0.15) is 12.6 Å². The fraction of sp³-hybridized carbons (Fsp3) is 0.842. The molecule has 2 aliphatic rings. The summed E-state index contributed by atoms with van der Waals surface area (Å²) in [4.78, 5) is 37.3. The molecule has 3 unspecified atom stereocenters. The summed E-state index contributed by atoms with van der Waals surface area (Å²) in [5.41, 5.74) is 5.45. The highest BCUT2D eigenvalue weighted by molar-refractivity contribution is 8.80. The first-order valence-electron chi connectivity index (χ1n) is 10.5. The van der Waals surface area contributed by atoms with Gasteiger partial charge in [0.1, 0.15) is 6.04 Å². The number of fused-ring (bicyclic) bond motifs is 1. The zero-order valence-corrected chi connectivity index (χ0v) is 19.4. The first kappa shape index (κ1) is 24.7. The highest BCUT2D eigenvalue weighted by atomic mass is 33.1. The predicted molar refractivity (Wildman–Crippen MR) is 124 cm³/mol. The zero-order chi connectivity index (χ0) is 21.1. The van der Waals surface area contributed by atoms with Crippen LogP contribution in [-0.2, 0) is 14.4 Å². The summed E-state index contributed by atoms with van der Waals surface area (Å²) in [6.07, 6.45) is 7.20. The fourth-order valence-electron chi connectivity index (χ4n) is 3.57. The molecular formula is C19H34N4O3S3. The summed E-state index contributed by atoms with van der Waals surface area (Å²) in [5.74, 6) is 0.0474. The van der Waals surface area contributed by atoms with Crippen LogP contribution in [0, 0.1) is 0 Å². The van der Waals surface area contributed by atoms with Crippen molar-refractivity contribution in [2.24, 2.45) is 5.73 Å². The van der Waals surface area contributed by atoms with E-state index in [0.717, 1.165) is 49.5 Å². The largest absolute Gasteiger partial charge is 0.353 e. The third-order valence-electron chi connectivity index (χ3n) is 5.19. The van der Waals surface area contributed by atoms with Crippen molar-refractivity contribution in [3.8, 4) is 0 Å². The van der Waals surface area contributed by atoms with Gasteiger partial charge >= 0.3 is 0 Å². The van der Waals surface area contributed by atoms with Crippen LogP contribution in [0.4, 0.5) is 0 Å². The molecule has 1 heterocycles. The summed E-state index contributed by atoms with van der Waals surface area (Å²) >= 11 is 4.16. The van der Waals surface area contributed by atoms with Crippen molar-refractivity contribution in [3.63, 3.8) is 0 Å². The van der Waals surface area contributed by atoms with Gasteiger partial charge in [-0.3, -0.25) is 14.4 Å². The first-order chi connectivity index (χ1) is 14.0. The number of carbonyl (C=O) groups is 3. The van der Waals surface area contributed by atoms with Crippen molar-refractivity contribution in [1.82, 2.24) is 16.0 Å². The molecule has 0 aromatic rings. The molecule has 29 heavy (non-hydrogen) atoms. The van der Waals surface area contributed by atoms with E-state index in [0.29, 0.717) is 24.8 Å². The molecule has 0 radical (unpaired) electrons. The van der Waals surface area contributed by atoms with E-state index in [1.54, 1.807) is 0 Å². The number of carbonyl (C=O) groups excluding carboxylic acids is 3. The van der Waals surface area contributed by atoms with Crippen molar-refractivity contribution in [1.29, 1.82) is 0 Å². The van der Waals surface area contributed by atoms with Crippen LogP contribution in [0.1, 0.15) is 57.8 Å². The molecule has 0 spiro atoms. The van der Waals surface area contributed by atoms with Crippen LogP contribution >= 0.6 is 34.2 Å². The summed E-state index contributed by atoms with van der Waals surface area (Å²) in [5, 5.41) is 9.84. The molecule has 2 fully saturated rings. The van der Waals surface area contributed by atoms with Gasteiger partial charge in [-0.25, -0.2) is 0 Å². The number of rotatable bonds is 12. The molecule has 4 atom stereocenters. The molecule has 7 nitrogen and oxygen atoms in total. The predicted octanol–water partition coefficient (Wildman–Crippen LogP) is 1.62. The molecule has 5 N–H and O–H groups in total. The van der Waals surface area contributed by atoms with Gasteiger partial charge in [-0.1, -0.05) is 34.4 Å². The number of amides is 3. The van der Waals surface area contributed by atoms with Gasteiger partial charge in [0.15, 0.2) is 0 Å². The van der Waals surface area contributed by atoms with E-state index in [-0.39, 0.29) is 30.2 Å². The second-order valence-corrected chi connectivity index (χ2v) is 10.8. The molecular weight excluding hydrogens is 428 g/mol. The van der Waals surface area contributed by atoms with Crippen LogP contribution in [0.15, 0.2) is 0 Å². The number of nitrogens with one attached hydrogen (secondary N) is 3. The standard InChI is InChI=1S/C19H34N4O3S3/c20-8-9-21-19(26)14(23-17(24)7-2-1-3-10-27)12-18(25)22-13-5-4-6-15-16(11-13)29-28-15/h13-16,27H,1-12,20H2,(H,21,26)(H,22,25)(H,23,24)/t13?,14-,15?,16?/m0/s1. The Bertz CT molecular complexity index is 553. The topological polar surface area (TPSA) is 113 Å². The minimum atomic E-state index is -0.869. The first-order valence-corrected chi connectivity index (χ1v) is 13.4. The molecule has 0 aromatic carbocycles. The minimum absolute atomic E-state index is 0.0503. The average molecular weight is 463 g/mol. The van der Waals surface area contributed by atoms with E-state index in [2.05, 4.69) is 28.6 Å². The van der Waals surface area contributed by atoms with Gasteiger partial charge in [0.25, 0.3) is 0 Å². The SMILES string of the molecule is NCCNC(=O)[C@H](CC(=O)NC1CCCC2SSC2C1)NC(=O)CCCCCS. The summed E-state index contributed by atoms with van der Waals surface area (Å²) in [7, 11) is 3.86. The number of thiol groups is 1. The maximum absolute atomic E-state index is 12.6. The van der Waals surface area contributed by atoms with Gasteiger partial charge in [0, 0.05) is 36.1 Å². The van der Waals surface area contributed by atoms with Gasteiger partial charge in [-0.15, -0.1) is 0 Å². The molecule has 1 aliphatic carbocycles. The van der Waals surface area contributed by atoms with Crippen molar-refractivity contribution in [2.45, 2.75) is 80.4 Å². The lowest BCUT2D eigenvalue weighted by atomic mass is 10.1. The Hall–Kier alpha value is -0.580. The van der Waals surface area contributed by atoms with Crippen LogP contribution in [0.2, 0.25) is 0 Å². The molecule has 1 saturated carbocycles. The Morgan fingerprint density at radius 1 is 1.07 bits per heavy atom. The Balaban J connectivity index is 1.83. The van der Waals surface area contributed by atoms with Gasteiger partial charge in [0.05, 0.1) is 6.42 Å². The molecule has 1 aliphatic heterocycles. The van der Waals surface area contributed by atoms with E-state index in [1.165, 1.54) is 6.42 Å². The third kappa shape index (κ3) is 8.98. The normalized spacial score (nSPS) is 24.4. The number of unbranched alkanes of at least 4 members (excludes halogenated alkanes) is 2. The lowest BCUT2D eigenvalue weighted by Crippen LogP contribution is -2.50. The van der Waals surface area contributed by atoms with E-state index in [1.807, 2.05) is 21.6 Å². The lowest BCUT2D eigenvalue weighted by Gasteiger charge is -2.34. The van der Waals surface area contributed by atoms with E-state index >= 15 is 0 Å². The Kier molecular flexibility index (Phi) is 11.6. The molecule has 2 rings (SSSR count). The molecule has 0 bridgehead atoms. The monoisotopic (exact) mass is 462 g/mol. The molecule has 3 amide bonds. The summed E-state index contributed by atoms with van der Waals surface area (Å²) < 4.78 is 0. The maximum atomic E-state index is 12.6. The average Bonchev–Trinajstić information content (AvgIpc) is 2.81. The lowest BCUT2D eigenvalue weighted by molar-refractivity contribution is -0.132. The highest BCUT2D eigenvalue weighted by Gasteiger charge is 2.37. The third-order valence-corrected chi connectivity index (χ3v) is 9.18. The second-order valence-electron chi connectivity index (χ2n) is 7.64. The number of nitrogens with two attached hydrogens (primary N) is 1. The van der Waals surface area contributed by atoms with Crippen molar-refractivity contribution >= 4 is 51.9 Å². The van der Waals surface area contributed by atoms with Crippen LogP contribution in [-0.4, -0.2) is 59.1 Å². The highest BCUT2D eigenvalue weighted by Crippen LogP contribution is 2.53. The Labute approximate surface area is 187 Å². The van der Waals surface area contributed by atoms with Crippen LogP contribution in [0.5, 0.6) is 0 Å².